The number of fused-ring (bicyclic) bond motifs is 1. The van der Waals surface area contributed by atoms with Crippen molar-refractivity contribution in [3.8, 4) is 5.75 Å². The average Bonchev–Trinajstić information content (AvgIpc) is 3.01. The Labute approximate surface area is 147 Å². The molecule has 0 aliphatic rings. The maximum Gasteiger partial charge on any atom is 0.207 e. The summed E-state index contributed by atoms with van der Waals surface area (Å²) >= 11 is 0. The van der Waals surface area contributed by atoms with Crippen molar-refractivity contribution < 1.29 is 9.53 Å². The van der Waals surface area contributed by atoms with Crippen LogP contribution in [-0.4, -0.2) is 22.6 Å². The number of nitrogens with zero attached hydrogens (tertiary/aromatic N) is 2. The molecule has 0 unspecified atom stereocenters. The topological polar surface area (TPSA) is 56.2 Å². The second kappa shape index (κ2) is 8.33. The Morgan fingerprint density at radius 3 is 2.68 bits per heavy atom. The molecule has 5 heteroatoms. The van der Waals surface area contributed by atoms with Gasteiger partial charge in [-0.15, -0.1) is 0 Å². The van der Waals surface area contributed by atoms with Crippen molar-refractivity contribution in [1.29, 1.82) is 0 Å². The molecule has 0 saturated heterocycles. The Balaban J connectivity index is 1.63. The average molecular weight is 337 g/mol. The largest absolute Gasteiger partial charge is 0.494 e. The first kappa shape index (κ1) is 17.0. The monoisotopic (exact) mass is 337 g/mol. The van der Waals surface area contributed by atoms with Crippen LogP contribution in [0.5, 0.6) is 5.75 Å². The lowest BCUT2D eigenvalue weighted by molar-refractivity contribution is -0.110. The quantitative estimate of drug-likeness (QED) is 0.478. The molecule has 0 aliphatic heterocycles. The number of hydrogen-bond donors (Lipinski definition) is 1. The van der Waals surface area contributed by atoms with Gasteiger partial charge in [-0.1, -0.05) is 30.3 Å². The van der Waals surface area contributed by atoms with E-state index >= 15 is 0 Å². The number of nitrogens with one attached hydrogen (secondary N) is 1. The van der Waals surface area contributed by atoms with Crippen molar-refractivity contribution in [2.75, 3.05) is 6.61 Å². The molecule has 1 heterocycles. The highest BCUT2D eigenvalue weighted by atomic mass is 16.5. The maximum atomic E-state index is 10.8. The molecule has 0 saturated carbocycles. The van der Waals surface area contributed by atoms with Crippen LogP contribution in [0, 0.1) is 0 Å². The standard InChI is InChI=1S/C20H23N3O2/c1-16(21-15-24)20-22-18-11-5-6-12-19(18)23(20)13-7-8-14-25-17-9-3-2-4-10-17/h2-6,9-12,15-16H,7-8,13-14H2,1H3,(H,21,24)/t16-/m0/s1. The van der Waals surface area contributed by atoms with E-state index in [9.17, 15) is 4.79 Å². The number of carbonyl (C=O) groups is 1. The molecule has 5 nitrogen and oxygen atoms in total. The molecule has 0 spiro atoms. The van der Waals surface area contributed by atoms with Gasteiger partial charge in [-0.05, 0) is 44.0 Å². The van der Waals surface area contributed by atoms with E-state index < -0.39 is 0 Å². The molecule has 0 fully saturated rings. The molecule has 0 radical (unpaired) electrons. The van der Waals surface area contributed by atoms with Crippen molar-refractivity contribution >= 4 is 17.4 Å². The lowest BCUT2D eigenvalue weighted by Gasteiger charge is -2.14. The summed E-state index contributed by atoms with van der Waals surface area (Å²) in [6.45, 7) is 3.48. The molecule has 25 heavy (non-hydrogen) atoms. The van der Waals surface area contributed by atoms with Gasteiger partial charge in [-0.3, -0.25) is 4.79 Å². The molecule has 3 aromatic rings. The molecular formula is C20H23N3O2. The number of aryl methyl sites for hydroxylation is 1. The number of unbranched alkanes of at least 4 members (excludes halogenated alkanes) is 1. The predicted octanol–water partition coefficient (Wildman–Crippen LogP) is 3.70. The van der Waals surface area contributed by atoms with Crippen LogP contribution < -0.4 is 10.1 Å². The van der Waals surface area contributed by atoms with E-state index in [0.717, 1.165) is 48.4 Å². The third-order valence-electron chi connectivity index (χ3n) is 4.18. The summed E-state index contributed by atoms with van der Waals surface area (Å²) in [5, 5.41) is 2.80. The van der Waals surface area contributed by atoms with E-state index in [1.165, 1.54) is 0 Å². The van der Waals surface area contributed by atoms with Crippen LogP contribution in [-0.2, 0) is 11.3 Å². The molecule has 1 N–H and O–H groups in total. The van der Waals surface area contributed by atoms with Crippen LogP contribution in [0.2, 0.25) is 0 Å². The second-order valence-corrected chi connectivity index (χ2v) is 5.99. The fourth-order valence-electron chi connectivity index (χ4n) is 2.92. The third-order valence-corrected chi connectivity index (χ3v) is 4.18. The smallest absolute Gasteiger partial charge is 0.207 e. The number of imidazole rings is 1. The number of aromatic nitrogens is 2. The lowest BCUT2D eigenvalue weighted by atomic mass is 10.2. The second-order valence-electron chi connectivity index (χ2n) is 5.99. The Bertz CT molecular complexity index is 814. The van der Waals surface area contributed by atoms with E-state index in [0.29, 0.717) is 6.61 Å². The molecule has 3 rings (SSSR count). The number of hydrogen-bond acceptors (Lipinski definition) is 3. The number of benzene rings is 2. The Hall–Kier alpha value is -2.82. The predicted molar refractivity (Wildman–Crippen MR) is 98.5 cm³/mol. The third kappa shape index (κ3) is 4.18. The summed E-state index contributed by atoms with van der Waals surface area (Å²) in [6, 6.07) is 17.8. The number of carbonyl (C=O) groups excluding carboxylic acids is 1. The molecule has 130 valence electrons. The Morgan fingerprint density at radius 2 is 1.88 bits per heavy atom. The van der Waals surface area contributed by atoms with Crippen LogP contribution in [0.15, 0.2) is 54.6 Å². The van der Waals surface area contributed by atoms with Gasteiger partial charge in [0.25, 0.3) is 0 Å². The molecule has 1 aromatic heterocycles. The van der Waals surface area contributed by atoms with E-state index in [1.54, 1.807) is 0 Å². The minimum atomic E-state index is -0.120. The zero-order valence-corrected chi connectivity index (χ0v) is 14.4. The fourth-order valence-corrected chi connectivity index (χ4v) is 2.92. The summed E-state index contributed by atoms with van der Waals surface area (Å²) in [7, 11) is 0. The van der Waals surface area contributed by atoms with Crippen LogP contribution in [0.4, 0.5) is 0 Å². The Morgan fingerprint density at radius 1 is 1.12 bits per heavy atom. The van der Waals surface area contributed by atoms with Gasteiger partial charge in [-0.2, -0.15) is 0 Å². The van der Waals surface area contributed by atoms with Gasteiger partial charge in [0, 0.05) is 6.54 Å². The van der Waals surface area contributed by atoms with Crippen LogP contribution in [0.25, 0.3) is 11.0 Å². The van der Waals surface area contributed by atoms with Gasteiger partial charge in [0.15, 0.2) is 0 Å². The molecule has 0 bridgehead atoms. The number of rotatable bonds is 9. The van der Waals surface area contributed by atoms with Gasteiger partial charge in [0.1, 0.15) is 11.6 Å². The van der Waals surface area contributed by atoms with E-state index in [-0.39, 0.29) is 6.04 Å². The zero-order valence-electron chi connectivity index (χ0n) is 14.4. The highest BCUT2D eigenvalue weighted by molar-refractivity contribution is 5.76. The lowest BCUT2D eigenvalue weighted by Crippen LogP contribution is -2.20. The van der Waals surface area contributed by atoms with Gasteiger partial charge < -0.3 is 14.6 Å². The van der Waals surface area contributed by atoms with Crippen molar-refractivity contribution in [1.82, 2.24) is 14.9 Å². The van der Waals surface area contributed by atoms with E-state index in [4.69, 9.17) is 4.74 Å². The van der Waals surface area contributed by atoms with Crippen LogP contribution in [0.3, 0.4) is 0 Å². The molecule has 1 atom stereocenters. The van der Waals surface area contributed by atoms with Gasteiger partial charge in [0.05, 0.1) is 23.7 Å². The highest BCUT2D eigenvalue weighted by Crippen LogP contribution is 2.21. The normalized spacial score (nSPS) is 12.0. The zero-order chi connectivity index (χ0) is 17.5. The number of ether oxygens (including phenoxy) is 1. The molecule has 2 aromatic carbocycles. The van der Waals surface area contributed by atoms with E-state index in [1.807, 2.05) is 55.5 Å². The van der Waals surface area contributed by atoms with Gasteiger partial charge >= 0.3 is 0 Å². The summed E-state index contributed by atoms with van der Waals surface area (Å²) in [4.78, 5) is 15.5. The van der Waals surface area contributed by atoms with Gasteiger partial charge in [0.2, 0.25) is 6.41 Å². The molecular weight excluding hydrogens is 314 g/mol. The van der Waals surface area contributed by atoms with Crippen LogP contribution in [0.1, 0.15) is 31.6 Å². The van der Waals surface area contributed by atoms with Crippen LogP contribution >= 0.6 is 0 Å². The number of amides is 1. The van der Waals surface area contributed by atoms with E-state index in [2.05, 4.69) is 20.9 Å². The minimum absolute atomic E-state index is 0.120. The Kier molecular flexibility index (Phi) is 5.67. The first-order valence-corrected chi connectivity index (χ1v) is 8.62. The minimum Gasteiger partial charge on any atom is -0.494 e. The summed E-state index contributed by atoms with van der Waals surface area (Å²) in [6.07, 6.45) is 2.66. The molecule has 1 amide bonds. The van der Waals surface area contributed by atoms with Gasteiger partial charge in [-0.25, -0.2) is 4.98 Å². The maximum absolute atomic E-state index is 10.8. The first-order valence-electron chi connectivity index (χ1n) is 8.62. The summed E-state index contributed by atoms with van der Waals surface area (Å²) in [5.41, 5.74) is 2.05. The SMILES string of the molecule is C[C@H](NC=O)c1nc2ccccc2n1CCCCOc1ccccc1. The fraction of sp³-hybridized carbons (Fsp3) is 0.300. The first-order chi connectivity index (χ1) is 12.3. The van der Waals surface area contributed by atoms with Crippen molar-refractivity contribution in [2.24, 2.45) is 0 Å². The summed E-state index contributed by atoms with van der Waals surface area (Å²) in [5.74, 6) is 1.79. The number of para-hydroxylation sites is 3. The highest BCUT2D eigenvalue weighted by Gasteiger charge is 2.15. The summed E-state index contributed by atoms with van der Waals surface area (Å²) < 4.78 is 7.94. The van der Waals surface area contributed by atoms with Crippen molar-refractivity contribution in [3.63, 3.8) is 0 Å². The van der Waals surface area contributed by atoms with Crippen molar-refractivity contribution in [2.45, 2.75) is 32.4 Å². The van der Waals surface area contributed by atoms with Crippen molar-refractivity contribution in [3.05, 3.63) is 60.4 Å². The molecule has 0 aliphatic carbocycles.